The van der Waals surface area contributed by atoms with E-state index in [0.29, 0.717) is 32.5 Å². The molecule has 0 heterocycles. The number of ketones is 1. The van der Waals surface area contributed by atoms with Gasteiger partial charge < -0.3 is 11.1 Å². The molecule has 1 aliphatic carbocycles. The van der Waals surface area contributed by atoms with E-state index in [-0.39, 0.29) is 23.1 Å². The minimum atomic E-state index is -1.31. The van der Waals surface area contributed by atoms with E-state index in [0.717, 1.165) is 11.1 Å². The molecule has 4 rings (SSSR count). The molecular weight excluding hydrogens is 538 g/mol. The first-order valence-corrected chi connectivity index (χ1v) is 12.2. The Bertz CT molecular complexity index is 1290. The maximum absolute atomic E-state index is 13.0. The second-order valence-electron chi connectivity index (χ2n) is 8.30. The SMILES string of the molecule is Cc1cc(N)ccc1CC(=O)c1cc(NC(=O)[C@@H]2C(c3cc(Cl)cc(Cl)c3)C2(Cl)Cl)ccc1Cl. The molecule has 1 unspecified atom stereocenters. The Labute approximate surface area is 222 Å². The summed E-state index contributed by atoms with van der Waals surface area (Å²) >= 11 is 31.3. The monoisotopic (exact) mass is 554 g/mol. The summed E-state index contributed by atoms with van der Waals surface area (Å²) in [7, 11) is 0. The third kappa shape index (κ3) is 5.17. The van der Waals surface area contributed by atoms with Crippen LogP contribution in [0.2, 0.25) is 15.1 Å². The standard InChI is InChI=1S/C25H19Cl5N2O2/c1-12-6-17(31)3-2-13(12)9-21(33)19-11-18(4-5-20(19)28)32-24(34)23-22(25(23,29)30)14-7-15(26)10-16(27)8-14/h2-8,10-11,22-23H,9,31H2,1H3,(H,32,34)/t22?,23-/m0/s1. The number of hydrogen-bond acceptors (Lipinski definition) is 3. The normalized spacial score (nSPS) is 18.4. The Morgan fingerprint density at radius 3 is 2.29 bits per heavy atom. The first kappa shape index (κ1) is 25.2. The number of rotatable bonds is 6. The zero-order chi connectivity index (χ0) is 24.8. The Balaban J connectivity index is 1.52. The number of halogens is 5. The smallest absolute Gasteiger partial charge is 0.231 e. The zero-order valence-electron chi connectivity index (χ0n) is 17.8. The second-order valence-corrected chi connectivity index (χ2v) is 11.0. The Kier molecular flexibility index (Phi) is 7.10. The molecule has 1 amide bonds. The number of hydrogen-bond donors (Lipinski definition) is 2. The average Bonchev–Trinajstić information content (AvgIpc) is 3.33. The minimum Gasteiger partial charge on any atom is -0.399 e. The van der Waals surface area contributed by atoms with Gasteiger partial charge in [-0.25, -0.2) is 0 Å². The molecule has 0 saturated heterocycles. The van der Waals surface area contributed by atoms with Crippen molar-refractivity contribution < 1.29 is 9.59 Å². The molecule has 1 fully saturated rings. The van der Waals surface area contributed by atoms with Crippen LogP contribution in [-0.4, -0.2) is 16.0 Å². The molecule has 0 spiro atoms. The van der Waals surface area contributed by atoms with E-state index >= 15 is 0 Å². The number of nitrogen functional groups attached to an aromatic ring is 1. The summed E-state index contributed by atoms with van der Waals surface area (Å²) in [5.41, 5.74) is 9.56. The van der Waals surface area contributed by atoms with Gasteiger partial charge in [0.15, 0.2) is 5.78 Å². The van der Waals surface area contributed by atoms with Crippen LogP contribution in [-0.2, 0) is 11.2 Å². The van der Waals surface area contributed by atoms with Gasteiger partial charge >= 0.3 is 0 Å². The number of nitrogens with two attached hydrogens (primary N) is 1. The van der Waals surface area contributed by atoms with E-state index < -0.39 is 16.2 Å². The predicted molar refractivity (Wildman–Crippen MR) is 141 cm³/mol. The van der Waals surface area contributed by atoms with Crippen molar-refractivity contribution >= 4 is 81.1 Å². The summed E-state index contributed by atoms with van der Waals surface area (Å²) in [5.74, 6) is -1.77. The van der Waals surface area contributed by atoms with Crippen molar-refractivity contribution in [3.63, 3.8) is 0 Å². The van der Waals surface area contributed by atoms with Crippen LogP contribution in [0.25, 0.3) is 0 Å². The molecule has 1 saturated carbocycles. The van der Waals surface area contributed by atoms with Crippen LogP contribution in [0.1, 0.15) is 33.0 Å². The summed E-state index contributed by atoms with van der Waals surface area (Å²) in [6, 6.07) is 15.1. The maximum atomic E-state index is 13.0. The molecule has 3 N–H and O–H groups in total. The Morgan fingerprint density at radius 2 is 1.65 bits per heavy atom. The van der Waals surface area contributed by atoms with E-state index in [1.165, 1.54) is 0 Å². The van der Waals surface area contributed by atoms with E-state index in [1.807, 2.05) is 19.1 Å². The molecule has 9 heteroatoms. The Morgan fingerprint density at radius 1 is 0.971 bits per heavy atom. The summed E-state index contributed by atoms with van der Waals surface area (Å²) in [4.78, 5) is 26.0. The molecule has 2 atom stereocenters. The molecular formula is C25H19Cl5N2O2. The van der Waals surface area contributed by atoms with Gasteiger partial charge in [-0.3, -0.25) is 9.59 Å². The van der Waals surface area contributed by atoms with Gasteiger partial charge in [0.2, 0.25) is 5.91 Å². The number of alkyl halides is 2. The molecule has 1 aliphatic rings. The van der Waals surface area contributed by atoms with Crippen LogP contribution in [0.15, 0.2) is 54.6 Å². The zero-order valence-corrected chi connectivity index (χ0v) is 21.6. The lowest BCUT2D eigenvalue weighted by Crippen LogP contribution is -2.17. The highest BCUT2D eigenvalue weighted by molar-refractivity contribution is 6.53. The summed E-state index contributed by atoms with van der Waals surface area (Å²) < 4.78 is -1.31. The van der Waals surface area contributed by atoms with E-state index in [1.54, 1.807) is 42.5 Å². The molecule has 4 nitrogen and oxygen atoms in total. The molecule has 0 aliphatic heterocycles. The van der Waals surface area contributed by atoms with Crippen LogP contribution in [0.3, 0.4) is 0 Å². The quantitative estimate of drug-likeness (QED) is 0.188. The van der Waals surface area contributed by atoms with Gasteiger partial charge in [0.1, 0.15) is 4.33 Å². The van der Waals surface area contributed by atoms with Gasteiger partial charge in [-0.15, -0.1) is 23.2 Å². The topological polar surface area (TPSA) is 72.2 Å². The highest BCUT2D eigenvalue weighted by Gasteiger charge is 2.67. The first-order valence-electron chi connectivity index (χ1n) is 10.3. The lowest BCUT2D eigenvalue weighted by atomic mass is 9.98. The molecule has 0 radical (unpaired) electrons. The summed E-state index contributed by atoms with van der Waals surface area (Å²) in [6.45, 7) is 1.89. The molecule has 0 bridgehead atoms. The fourth-order valence-corrected chi connectivity index (χ4v) is 5.64. The largest absolute Gasteiger partial charge is 0.399 e. The van der Waals surface area contributed by atoms with Crippen molar-refractivity contribution in [1.29, 1.82) is 0 Å². The van der Waals surface area contributed by atoms with Crippen LogP contribution < -0.4 is 11.1 Å². The average molecular weight is 557 g/mol. The van der Waals surface area contributed by atoms with Crippen molar-refractivity contribution in [2.24, 2.45) is 5.92 Å². The molecule has 3 aromatic carbocycles. The third-order valence-electron chi connectivity index (χ3n) is 5.83. The third-order valence-corrected chi connectivity index (χ3v) is 7.54. The number of nitrogens with one attached hydrogen (secondary N) is 1. The second kappa shape index (κ2) is 9.60. The maximum Gasteiger partial charge on any atom is 0.231 e. The summed E-state index contributed by atoms with van der Waals surface area (Å²) in [6.07, 6.45) is 0.149. The number of benzene rings is 3. The van der Waals surface area contributed by atoms with Gasteiger partial charge in [-0.1, -0.05) is 40.9 Å². The number of aryl methyl sites for hydroxylation is 1. The molecule has 0 aromatic heterocycles. The van der Waals surface area contributed by atoms with Crippen LogP contribution in [0.5, 0.6) is 0 Å². The highest BCUT2D eigenvalue weighted by Crippen LogP contribution is 2.65. The van der Waals surface area contributed by atoms with Gasteiger partial charge in [0, 0.05) is 39.3 Å². The highest BCUT2D eigenvalue weighted by atomic mass is 35.5. The molecule has 3 aromatic rings. The van der Waals surface area contributed by atoms with Gasteiger partial charge in [-0.2, -0.15) is 0 Å². The molecule has 176 valence electrons. The lowest BCUT2D eigenvalue weighted by molar-refractivity contribution is -0.117. The van der Waals surface area contributed by atoms with Crippen molar-refractivity contribution in [3.8, 4) is 0 Å². The van der Waals surface area contributed by atoms with Crippen LogP contribution in [0.4, 0.5) is 11.4 Å². The Hall–Kier alpha value is -1.95. The lowest BCUT2D eigenvalue weighted by Gasteiger charge is -2.10. The van der Waals surface area contributed by atoms with Gasteiger partial charge in [-0.05, 0) is 72.1 Å². The first-order chi connectivity index (χ1) is 16.0. The van der Waals surface area contributed by atoms with Gasteiger partial charge in [0.25, 0.3) is 0 Å². The number of carbonyl (C=O) groups excluding carboxylic acids is 2. The van der Waals surface area contributed by atoms with Crippen molar-refractivity contribution in [1.82, 2.24) is 0 Å². The van der Waals surface area contributed by atoms with Crippen LogP contribution in [0, 0.1) is 12.8 Å². The fourth-order valence-electron chi connectivity index (χ4n) is 4.04. The van der Waals surface area contributed by atoms with E-state index in [2.05, 4.69) is 5.32 Å². The van der Waals surface area contributed by atoms with E-state index in [9.17, 15) is 9.59 Å². The number of anilines is 2. The van der Waals surface area contributed by atoms with Crippen LogP contribution >= 0.6 is 58.0 Å². The molecule has 34 heavy (non-hydrogen) atoms. The number of amides is 1. The number of carbonyl (C=O) groups is 2. The fraction of sp³-hybridized carbons (Fsp3) is 0.200. The van der Waals surface area contributed by atoms with E-state index in [4.69, 9.17) is 63.7 Å². The van der Waals surface area contributed by atoms with Crippen molar-refractivity contribution in [3.05, 3.63) is 91.9 Å². The predicted octanol–water partition coefficient (Wildman–Crippen LogP) is 7.49. The number of Topliss-reactive ketones (excluding diaryl/α,β-unsaturated/α-hetero) is 1. The summed E-state index contributed by atoms with van der Waals surface area (Å²) in [5, 5.41) is 3.93. The minimum absolute atomic E-state index is 0.149. The van der Waals surface area contributed by atoms with Crippen molar-refractivity contribution in [2.75, 3.05) is 11.1 Å². The van der Waals surface area contributed by atoms with Crippen molar-refractivity contribution in [2.45, 2.75) is 23.6 Å². The van der Waals surface area contributed by atoms with Gasteiger partial charge in [0.05, 0.1) is 10.9 Å².